The molecule has 166 valence electrons. The van der Waals surface area contributed by atoms with Crippen LogP contribution in [0.3, 0.4) is 0 Å². The zero-order valence-corrected chi connectivity index (χ0v) is 17.0. The number of hydrogen-bond donors (Lipinski definition) is 2. The summed E-state index contributed by atoms with van der Waals surface area (Å²) in [5.74, 6) is -0.389. The minimum Gasteiger partial charge on any atom is -0.490 e. The summed E-state index contributed by atoms with van der Waals surface area (Å²) in [6, 6.07) is 9.24. The molecule has 7 nitrogen and oxygen atoms in total. The fourth-order valence-corrected chi connectivity index (χ4v) is 2.49. The fourth-order valence-electron chi connectivity index (χ4n) is 2.49. The van der Waals surface area contributed by atoms with Crippen LogP contribution in [0, 0.1) is 0 Å². The number of benzene rings is 2. The first-order chi connectivity index (χ1) is 14.7. The molecular formula is C21H22F3N3O4. The predicted octanol–water partition coefficient (Wildman–Crippen LogP) is 3.98. The summed E-state index contributed by atoms with van der Waals surface area (Å²) in [6.07, 6.45) is -3.78. The Bertz CT molecular complexity index is 946. The van der Waals surface area contributed by atoms with Crippen LogP contribution in [0.25, 0.3) is 0 Å². The number of anilines is 1. The Hall–Kier alpha value is -3.56. The molecule has 10 heteroatoms. The standard InChI is InChI=1S/C21H22F3N3O4/c1-3-30-17-9-8-14(10-18(17)31-4-2)13-25-27-20(29)12-19(28)26-16-7-5-6-15(11-16)21(22,23)24/h5-11,13H,3-4,12H2,1-2H3,(H,26,28)(H,27,29). The Morgan fingerprint density at radius 3 is 2.39 bits per heavy atom. The largest absolute Gasteiger partial charge is 0.490 e. The average molecular weight is 437 g/mol. The summed E-state index contributed by atoms with van der Waals surface area (Å²) < 4.78 is 49.1. The second-order valence-electron chi connectivity index (χ2n) is 6.17. The summed E-state index contributed by atoms with van der Waals surface area (Å²) in [4.78, 5) is 23.8. The molecule has 2 amide bonds. The van der Waals surface area contributed by atoms with Gasteiger partial charge >= 0.3 is 6.18 Å². The van der Waals surface area contributed by atoms with E-state index in [0.29, 0.717) is 30.3 Å². The second kappa shape index (κ2) is 11.0. The van der Waals surface area contributed by atoms with Crippen molar-refractivity contribution in [2.75, 3.05) is 18.5 Å². The first-order valence-corrected chi connectivity index (χ1v) is 9.41. The number of carbonyl (C=O) groups is 2. The van der Waals surface area contributed by atoms with Crippen molar-refractivity contribution in [2.24, 2.45) is 5.10 Å². The van der Waals surface area contributed by atoms with Crippen molar-refractivity contribution in [3.63, 3.8) is 0 Å². The molecule has 0 saturated carbocycles. The third kappa shape index (κ3) is 7.65. The monoisotopic (exact) mass is 437 g/mol. The van der Waals surface area contributed by atoms with E-state index in [-0.39, 0.29) is 5.69 Å². The van der Waals surface area contributed by atoms with Gasteiger partial charge in [-0.05, 0) is 55.8 Å². The molecule has 0 atom stereocenters. The molecule has 0 aromatic heterocycles. The fraction of sp³-hybridized carbons (Fsp3) is 0.286. The van der Waals surface area contributed by atoms with E-state index in [1.165, 1.54) is 12.3 Å². The maximum absolute atomic E-state index is 12.7. The zero-order valence-electron chi connectivity index (χ0n) is 17.0. The van der Waals surface area contributed by atoms with Gasteiger partial charge in [0.2, 0.25) is 11.8 Å². The van der Waals surface area contributed by atoms with Crippen molar-refractivity contribution in [2.45, 2.75) is 26.4 Å². The number of halogens is 3. The molecule has 0 fully saturated rings. The van der Waals surface area contributed by atoms with Crippen LogP contribution in [-0.2, 0) is 15.8 Å². The molecule has 0 spiro atoms. The SMILES string of the molecule is CCOc1ccc(C=NNC(=O)CC(=O)Nc2cccc(C(F)(F)F)c2)cc1OCC. The van der Waals surface area contributed by atoms with Gasteiger partial charge in [-0.15, -0.1) is 0 Å². The first kappa shape index (κ1) is 23.7. The van der Waals surface area contributed by atoms with Gasteiger partial charge in [0.25, 0.3) is 0 Å². The predicted molar refractivity (Wildman–Crippen MR) is 109 cm³/mol. The van der Waals surface area contributed by atoms with Gasteiger partial charge in [-0.25, -0.2) is 5.43 Å². The van der Waals surface area contributed by atoms with Gasteiger partial charge < -0.3 is 14.8 Å². The molecule has 0 aliphatic heterocycles. The second-order valence-corrected chi connectivity index (χ2v) is 6.17. The van der Waals surface area contributed by atoms with Crippen LogP contribution in [-0.4, -0.2) is 31.2 Å². The third-order valence-electron chi connectivity index (χ3n) is 3.77. The summed E-state index contributed by atoms with van der Waals surface area (Å²) in [5, 5.41) is 6.03. The lowest BCUT2D eigenvalue weighted by Gasteiger charge is -2.11. The van der Waals surface area contributed by atoms with E-state index in [9.17, 15) is 22.8 Å². The number of carbonyl (C=O) groups excluding carboxylic acids is 2. The van der Waals surface area contributed by atoms with E-state index in [2.05, 4.69) is 15.8 Å². The van der Waals surface area contributed by atoms with Crippen LogP contribution in [0.2, 0.25) is 0 Å². The number of alkyl halides is 3. The van der Waals surface area contributed by atoms with E-state index >= 15 is 0 Å². The molecule has 0 saturated heterocycles. The Labute approximate surface area is 177 Å². The van der Waals surface area contributed by atoms with Gasteiger partial charge in [0.1, 0.15) is 6.42 Å². The van der Waals surface area contributed by atoms with Crippen LogP contribution in [0.4, 0.5) is 18.9 Å². The molecule has 0 unspecified atom stereocenters. The van der Waals surface area contributed by atoms with Crippen molar-refractivity contribution in [1.82, 2.24) is 5.43 Å². The molecule has 31 heavy (non-hydrogen) atoms. The van der Waals surface area contributed by atoms with Crippen LogP contribution in [0.5, 0.6) is 11.5 Å². The first-order valence-electron chi connectivity index (χ1n) is 9.41. The number of rotatable bonds is 9. The lowest BCUT2D eigenvalue weighted by molar-refractivity contribution is -0.137. The molecule has 0 bridgehead atoms. The maximum Gasteiger partial charge on any atom is 0.416 e. The van der Waals surface area contributed by atoms with E-state index in [1.807, 2.05) is 13.8 Å². The van der Waals surface area contributed by atoms with Gasteiger partial charge in [0.05, 0.1) is 25.0 Å². The molecule has 0 aliphatic carbocycles. The van der Waals surface area contributed by atoms with Crippen molar-refractivity contribution in [3.05, 3.63) is 53.6 Å². The molecule has 0 heterocycles. The normalized spacial score (nSPS) is 11.3. The highest BCUT2D eigenvalue weighted by molar-refractivity contribution is 6.03. The molecule has 0 aliphatic rings. The van der Waals surface area contributed by atoms with Gasteiger partial charge in [0.15, 0.2) is 11.5 Å². The highest BCUT2D eigenvalue weighted by Gasteiger charge is 2.30. The minimum absolute atomic E-state index is 0.0611. The molecule has 2 rings (SSSR count). The van der Waals surface area contributed by atoms with Crippen LogP contribution >= 0.6 is 0 Å². The number of amides is 2. The Morgan fingerprint density at radius 1 is 1.00 bits per heavy atom. The van der Waals surface area contributed by atoms with E-state index in [0.717, 1.165) is 18.2 Å². The summed E-state index contributed by atoms with van der Waals surface area (Å²) >= 11 is 0. The van der Waals surface area contributed by atoms with Crippen LogP contribution < -0.4 is 20.2 Å². The van der Waals surface area contributed by atoms with Crippen LogP contribution in [0.15, 0.2) is 47.6 Å². The lowest BCUT2D eigenvalue weighted by Crippen LogP contribution is -2.24. The van der Waals surface area contributed by atoms with Gasteiger partial charge in [-0.1, -0.05) is 6.07 Å². The maximum atomic E-state index is 12.7. The lowest BCUT2D eigenvalue weighted by atomic mass is 10.2. The zero-order chi connectivity index (χ0) is 22.9. The molecule has 2 aromatic carbocycles. The van der Waals surface area contributed by atoms with E-state index < -0.39 is 30.0 Å². The average Bonchev–Trinajstić information content (AvgIpc) is 2.69. The highest BCUT2D eigenvalue weighted by Crippen LogP contribution is 2.30. The van der Waals surface area contributed by atoms with Gasteiger partial charge in [-0.3, -0.25) is 9.59 Å². The van der Waals surface area contributed by atoms with Gasteiger partial charge in [0, 0.05) is 5.69 Å². The van der Waals surface area contributed by atoms with Crippen molar-refractivity contribution < 1.29 is 32.2 Å². The molecule has 0 radical (unpaired) electrons. The van der Waals surface area contributed by atoms with E-state index in [4.69, 9.17) is 9.47 Å². The summed E-state index contributed by atoms with van der Waals surface area (Å²) in [7, 11) is 0. The number of nitrogens with zero attached hydrogens (tertiary/aromatic N) is 1. The highest BCUT2D eigenvalue weighted by atomic mass is 19.4. The number of hydrazone groups is 1. The van der Waals surface area contributed by atoms with Crippen molar-refractivity contribution in [3.8, 4) is 11.5 Å². The number of nitrogens with one attached hydrogen (secondary N) is 2. The van der Waals surface area contributed by atoms with Crippen molar-refractivity contribution >= 4 is 23.7 Å². The topological polar surface area (TPSA) is 89.0 Å². The molecule has 2 aromatic rings. The Morgan fingerprint density at radius 2 is 1.71 bits per heavy atom. The van der Waals surface area contributed by atoms with E-state index in [1.54, 1.807) is 18.2 Å². The Balaban J connectivity index is 1.91. The summed E-state index contributed by atoms with van der Waals surface area (Å²) in [5.41, 5.74) is 1.86. The van der Waals surface area contributed by atoms with Crippen molar-refractivity contribution in [1.29, 1.82) is 0 Å². The van der Waals surface area contributed by atoms with Crippen LogP contribution in [0.1, 0.15) is 31.4 Å². The quantitative estimate of drug-likeness (QED) is 0.353. The summed E-state index contributed by atoms with van der Waals surface area (Å²) in [6.45, 7) is 4.61. The third-order valence-corrected chi connectivity index (χ3v) is 3.77. The van der Waals surface area contributed by atoms with Gasteiger partial charge in [-0.2, -0.15) is 18.3 Å². The molecular weight excluding hydrogens is 415 g/mol. The Kier molecular flexibility index (Phi) is 8.42. The minimum atomic E-state index is -4.53. The number of ether oxygens (including phenoxy) is 2. The number of hydrogen-bond acceptors (Lipinski definition) is 5. The molecule has 2 N–H and O–H groups in total. The smallest absolute Gasteiger partial charge is 0.416 e.